The average Bonchev–Trinajstić information content (AvgIpc) is 2.79. The Balaban J connectivity index is 1.78. The smallest absolute Gasteiger partial charge is 0.339 e. The summed E-state index contributed by atoms with van der Waals surface area (Å²) in [7, 11) is 0. The lowest BCUT2D eigenvalue weighted by molar-refractivity contribution is -0.239. The normalized spacial score (nSPS) is 37.6. The highest BCUT2D eigenvalue weighted by Gasteiger charge is 2.79. The van der Waals surface area contributed by atoms with Gasteiger partial charge in [-0.2, -0.15) is 0 Å². The van der Waals surface area contributed by atoms with Crippen molar-refractivity contribution in [1.82, 2.24) is 5.32 Å². The van der Waals surface area contributed by atoms with Crippen LogP contribution in [0.5, 0.6) is 0 Å². The van der Waals surface area contributed by atoms with Gasteiger partial charge in [-0.3, -0.25) is 9.59 Å². The Bertz CT molecular complexity index is 617. The lowest BCUT2D eigenvalue weighted by Crippen LogP contribution is -2.80. The third-order valence-electron chi connectivity index (χ3n) is 5.81. The minimum atomic E-state index is -1.42. The summed E-state index contributed by atoms with van der Waals surface area (Å²) >= 11 is 0. The Kier molecular flexibility index (Phi) is 4.62. The Labute approximate surface area is 146 Å². The third-order valence-corrected chi connectivity index (χ3v) is 5.81. The van der Waals surface area contributed by atoms with Gasteiger partial charge in [-0.05, 0) is 32.6 Å². The quantitative estimate of drug-likeness (QED) is 0.543. The number of ether oxygens (including phenoxy) is 2. The maximum absolute atomic E-state index is 12.5. The zero-order valence-electron chi connectivity index (χ0n) is 14.6. The number of aliphatic hydroxyl groups excluding tert-OH is 1. The maximum Gasteiger partial charge on any atom is 0.339 e. The summed E-state index contributed by atoms with van der Waals surface area (Å²) in [5.74, 6) is -2.13. The summed E-state index contributed by atoms with van der Waals surface area (Å²) in [6.07, 6.45) is 6.03. The molecule has 2 fully saturated rings. The predicted molar refractivity (Wildman–Crippen MR) is 87.2 cm³/mol. The van der Waals surface area contributed by atoms with E-state index in [1.807, 2.05) is 12.2 Å². The molecule has 0 spiro atoms. The van der Waals surface area contributed by atoms with E-state index < -0.39 is 29.1 Å². The number of esters is 2. The van der Waals surface area contributed by atoms with E-state index in [9.17, 15) is 19.5 Å². The molecule has 1 aliphatic carbocycles. The van der Waals surface area contributed by atoms with Crippen molar-refractivity contribution >= 4 is 17.8 Å². The maximum atomic E-state index is 12.5. The molecule has 2 N–H and O–H groups in total. The molecule has 2 heterocycles. The topological polar surface area (TPSA) is 102 Å². The van der Waals surface area contributed by atoms with Crippen LogP contribution in [-0.2, 0) is 23.9 Å². The first-order valence-corrected chi connectivity index (χ1v) is 8.92. The second kappa shape index (κ2) is 6.44. The molecule has 1 unspecified atom stereocenters. The van der Waals surface area contributed by atoms with Gasteiger partial charge in [0.05, 0.1) is 18.6 Å². The second-order valence-electron chi connectivity index (χ2n) is 7.18. The molecular formula is C18H25NO6. The highest BCUT2D eigenvalue weighted by molar-refractivity contribution is 6.01. The molecule has 2 saturated heterocycles. The summed E-state index contributed by atoms with van der Waals surface area (Å²) in [5, 5.41) is 13.6. The first-order valence-electron chi connectivity index (χ1n) is 8.92. The first-order chi connectivity index (χ1) is 11.9. The molecule has 138 valence electrons. The molecule has 7 heteroatoms. The average molecular weight is 351 g/mol. The summed E-state index contributed by atoms with van der Waals surface area (Å²) in [5.41, 5.74) is -2.56. The van der Waals surface area contributed by atoms with Crippen molar-refractivity contribution in [2.75, 3.05) is 6.61 Å². The van der Waals surface area contributed by atoms with Gasteiger partial charge in [-0.25, -0.2) is 4.79 Å². The third kappa shape index (κ3) is 2.56. The Hall–Kier alpha value is -1.89. The largest absolute Gasteiger partial charge is 0.466 e. The molecule has 0 bridgehead atoms. The number of rotatable bonds is 6. The van der Waals surface area contributed by atoms with Crippen LogP contribution in [-0.4, -0.2) is 46.8 Å². The number of carbonyl (C=O) groups excluding carboxylic acids is 3. The van der Waals surface area contributed by atoms with Crippen molar-refractivity contribution in [3.63, 3.8) is 0 Å². The molecule has 3 aliphatic rings. The standard InChI is InChI=1S/C18H25NO6/c1-3-13(20)24-10-9-12-15(22)19-18(16(23)25-17(12,18)2)14(21)11-7-5-4-6-8-11/h5,7,11-12,14,21H,3-4,6,8-10H2,1-2H3,(H,19,22)/t11-,12+,14?,17+,18+/m1/s1. The summed E-state index contributed by atoms with van der Waals surface area (Å²) in [6, 6.07) is 0. The molecule has 5 atom stereocenters. The molecule has 0 aromatic carbocycles. The molecule has 0 aromatic rings. The van der Waals surface area contributed by atoms with Crippen molar-refractivity contribution < 1.29 is 29.0 Å². The highest BCUT2D eigenvalue weighted by Crippen LogP contribution is 2.53. The molecule has 0 radical (unpaired) electrons. The molecule has 0 saturated carbocycles. The van der Waals surface area contributed by atoms with Gasteiger partial charge in [-0.15, -0.1) is 0 Å². The van der Waals surface area contributed by atoms with E-state index in [4.69, 9.17) is 9.47 Å². The zero-order valence-corrected chi connectivity index (χ0v) is 14.6. The summed E-state index contributed by atoms with van der Waals surface area (Å²) in [6.45, 7) is 3.44. The second-order valence-corrected chi connectivity index (χ2v) is 7.18. The van der Waals surface area contributed by atoms with Crippen LogP contribution in [0.1, 0.15) is 46.0 Å². The lowest BCUT2D eigenvalue weighted by Gasteiger charge is -2.54. The Morgan fingerprint density at radius 3 is 2.88 bits per heavy atom. The molecule has 3 rings (SSSR count). The number of hydrogen-bond acceptors (Lipinski definition) is 6. The zero-order chi connectivity index (χ0) is 18.2. The lowest BCUT2D eigenvalue weighted by atomic mass is 9.64. The van der Waals surface area contributed by atoms with Gasteiger partial charge >= 0.3 is 11.9 Å². The molecule has 7 nitrogen and oxygen atoms in total. The molecule has 1 amide bonds. The van der Waals surface area contributed by atoms with Crippen molar-refractivity contribution in [2.45, 2.75) is 63.2 Å². The number of carbonyl (C=O) groups is 3. The van der Waals surface area contributed by atoms with Gasteiger partial charge < -0.3 is 19.9 Å². The van der Waals surface area contributed by atoms with Gasteiger partial charge in [0.15, 0.2) is 5.60 Å². The van der Waals surface area contributed by atoms with E-state index in [0.29, 0.717) is 0 Å². The number of aliphatic hydroxyl groups is 1. The van der Waals surface area contributed by atoms with Gasteiger partial charge in [0.2, 0.25) is 11.4 Å². The van der Waals surface area contributed by atoms with Gasteiger partial charge in [-0.1, -0.05) is 19.1 Å². The highest BCUT2D eigenvalue weighted by atomic mass is 16.6. The Morgan fingerprint density at radius 2 is 2.28 bits per heavy atom. The fourth-order valence-electron chi connectivity index (χ4n) is 4.27. The van der Waals surface area contributed by atoms with Crippen LogP contribution in [0.4, 0.5) is 0 Å². The van der Waals surface area contributed by atoms with Gasteiger partial charge in [0, 0.05) is 12.3 Å². The van der Waals surface area contributed by atoms with Crippen molar-refractivity contribution in [1.29, 1.82) is 0 Å². The van der Waals surface area contributed by atoms with E-state index in [0.717, 1.165) is 19.3 Å². The van der Waals surface area contributed by atoms with Gasteiger partial charge in [0.1, 0.15) is 0 Å². The van der Waals surface area contributed by atoms with Crippen LogP contribution >= 0.6 is 0 Å². The summed E-state index contributed by atoms with van der Waals surface area (Å²) in [4.78, 5) is 36.1. The van der Waals surface area contributed by atoms with Crippen molar-refractivity contribution in [2.24, 2.45) is 11.8 Å². The van der Waals surface area contributed by atoms with Crippen LogP contribution < -0.4 is 5.32 Å². The minimum absolute atomic E-state index is 0.0768. The van der Waals surface area contributed by atoms with Crippen LogP contribution in [0.15, 0.2) is 12.2 Å². The van der Waals surface area contributed by atoms with E-state index in [-0.39, 0.29) is 37.2 Å². The molecule has 0 aromatic heterocycles. The molecule has 25 heavy (non-hydrogen) atoms. The van der Waals surface area contributed by atoms with E-state index in [1.165, 1.54) is 0 Å². The van der Waals surface area contributed by atoms with Crippen LogP contribution in [0.25, 0.3) is 0 Å². The monoisotopic (exact) mass is 351 g/mol. The fourth-order valence-corrected chi connectivity index (χ4v) is 4.27. The van der Waals surface area contributed by atoms with Crippen molar-refractivity contribution in [3.8, 4) is 0 Å². The number of allylic oxidation sites excluding steroid dienone is 1. The van der Waals surface area contributed by atoms with E-state index >= 15 is 0 Å². The Morgan fingerprint density at radius 1 is 1.52 bits per heavy atom. The van der Waals surface area contributed by atoms with Gasteiger partial charge in [0.25, 0.3) is 0 Å². The number of nitrogens with one attached hydrogen (secondary N) is 1. The first kappa shape index (κ1) is 17.9. The number of amides is 1. The number of hydrogen-bond donors (Lipinski definition) is 2. The SMILES string of the molecule is CCC(=O)OCC[C@H]1C(=O)N[C@@]2(C(O)[C@@H]3C=CCCC3)C(=O)O[C@@]12C. The minimum Gasteiger partial charge on any atom is -0.466 e. The van der Waals surface area contributed by atoms with Crippen molar-refractivity contribution in [3.05, 3.63) is 12.2 Å². The fraction of sp³-hybridized carbons (Fsp3) is 0.722. The van der Waals surface area contributed by atoms with Crippen LogP contribution in [0, 0.1) is 11.8 Å². The molecule has 2 aliphatic heterocycles. The van der Waals surface area contributed by atoms with E-state index in [1.54, 1.807) is 13.8 Å². The van der Waals surface area contributed by atoms with E-state index in [2.05, 4.69) is 5.32 Å². The molecular weight excluding hydrogens is 326 g/mol. The summed E-state index contributed by atoms with van der Waals surface area (Å²) < 4.78 is 10.4. The van der Waals surface area contributed by atoms with Crippen LogP contribution in [0.2, 0.25) is 0 Å². The number of fused-ring (bicyclic) bond motifs is 1. The van der Waals surface area contributed by atoms with Crippen LogP contribution in [0.3, 0.4) is 0 Å². The predicted octanol–water partition coefficient (Wildman–Crippen LogP) is 0.847.